The maximum absolute atomic E-state index is 14.0. The number of halogens is 4. The number of hydrogen-bond acceptors (Lipinski definition) is 8. The second kappa shape index (κ2) is 10.0. The molecule has 1 fully saturated rings. The van der Waals surface area contributed by atoms with E-state index in [1.54, 1.807) is 16.5 Å². The monoisotopic (exact) mass is 566 g/mol. The summed E-state index contributed by atoms with van der Waals surface area (Å²) in [6.07, 6.45) is 1.03. The molecule has 0 bridgehead atoms. The third-order valence-corrected chi connectivity index (χ3v) is 7.74. The van der Waals surface area contributed by atoms with Gasteiger partial charge in [-0.3, -0.25) is 4.99 Å². The Labute approximate surface area is 224 Å². The van der Waals surface area contributed by atoms with E-state index in [-0.39, 0.29) is 23.7 Å². The first-order valence-electron chi connectivity index (χ1n) is 11.4. The summed E-state index contributed by atoms with van der Waals surface area (Å²) in [6.45, 7) is -1.26. The van der Waals surface area contributed by atoms with Crippen LogP contribution < -0.4 is 5.32 Å². The lowest BCUT2D eigenvalue weighted by Crippen LogP contribution is -2.57. The molecule has 3 aromatic rings. The summed E-state index contributed by atoms with van der Waals surface area (Å²) < 4.78 is 46.3. The molecule has 2 aliphatic rings. The molecular formula is C24H22ClF3N6O3S. The Morgan fingerprint density at radius 1 is 1.37 bits per heavy atom. The first kappa shape index (κ1) is 26.2. The van der Waals surface area contributed by atoms with Crippen molar-refractivity contribution in [2.75, 3.05) is 13.7 Å². The van der Waals surface area contributed by atoms with E-state index < -0.39 is 36.1 Å². The van der Waals surface area contributed by atoms with Crippen LogP contribution in [0.1, 0.15) is 42.2 Å². The number of aromatic nitrogens is 3. The molecule has 1 saturated heterocycles. The van der Waals surface area contributed by atoms with Gasteiger partial charge in [0, 0.05) is 46.1 Å². The van der Waals surface area contributed by atoms with E-state index in [1.807, 2.05) is 0 Å². The summed E-state index contributed by atoms with van der Waals surface area (Å²) in [6, 6.07) is 4.42. The predicted molar refractivity (Wildman–Crippen MR) is 134 cm³/mol. The van der Waals surface area contributed by atoms with E-state index in [1.165, 1.54) is 43.6 Å². The number of aliphatic hydroxyl groups is 1. The van der Waals surface area contributed by atoms with Crippen molar-refractivity contribution in [2.24, 2.45) is 4.99 Å². The largest absolute Gasteiger partial charge is 0.453 e. The quantitative estimate of drug-likeness (QED) is 0.451. The highest BCUT2D eigenvalue weighted by atomic mass is 35.5. The van der Waals surface area contributed by atoms with E-state index >= 15 is 0 Å². The number of aliphatic hydroxyl groups excluding tert-OH is 1. The van der Waals surface area contributed by atoms with Crippen LogP contribution in [-0.2, 0) is 4.74 Å². The second-order valence-electron chi connectivity index (χ2n) is 8.89. The molecule has 2 aliphatic heterocycles. The molecule has 5 rings (SSSR count). The summed E-state index contributed by atoms with van der Waals surface area (Å²) in [5.41, 5.74) is 0.376. The minimum atomic E-state index is -2.88. The topological polar surface area (TPSA) is 105 Å². The normalized spacial score (nSPS) is 21.9. The first-order chi connectivity index (χ1) is 18.1. The van der Waals surface area contributed by atoms with Crippen LogP contribution in [0.5, 0.6) is 0 Å². The number of benzene rings is 1. The Kier molecular flexibility index (Phi) is 6.92. The minimum Gasteiger partial charge on any atom is -0.453 e. The Hall–Kier alpha value is -3.42. The molecule has 14 heteroatoms. The molecule has 1 amide bonds. The molecule has 2 N–H and O–H groups in total. The van der Waals surface area contributed by atoms with Crippen molar-refractivity contribution in [3.8, 4) is 0 Å². The number of nitrogens with zero attached hydrogens (tertiary/aromatic N) is 5. The smallest absolute Gasteiger partial charge is 0.407 e. The SMILES string of the molecule is COC(=O)N[C@@]1(C(C)O)CC2=C(c3ccn(C(F)F)n3)[C@H](c3ccc(F)cc3Cl)N=C(c3nccs3)N2C1. The third kappa shape index (κ3) is 4.54. The van der Waals surface area contributed by atoms with E-state index in [9.17, 15) is 23.1 Å². The number of aliphatic imine (C=N–C) groups is 1. The lowest BCUT2D eigenvalue weighted by molar-refractivity contribution is 0.0564. The average Bonchev–Trinajstić information content (AvgIpc) is 3.63. The summed E-state index contributed by atoms with van der Waals surface area (Å²) in [5.74, 6) is -0.126. The van der Waals surface area contributed by atoms with Crippen LogP contribution >= 0.6 is 22.9 Å². The number of thiazole rings is 1. The highest BCUT2D eigenvalue weighted by Crippen LogP contribution is 2.48. The minimum absolute atomic E-state index is 0.0797. The Bertz CT molecular complexity index is 1430. The predicted octanol–water partition coefficient (Wildman–Crippen LogP) is 4.62. The van der Waals surface area contributed by atoms with Gasteiger partial charge in [0.1, 0.15) is 11.9 Å². The fraction of sp³-hybridized carbons (Fsp3) is 0.333. The van der Waals surface area contributed by atoms with Crippen LogP contribution in [0, 0.1) is 5.82 Å². The molecular weight excluding hydrogens is 545 g/mol. The van der Waals surface area contributed by atoms with Gasteiger partial charge in [0.25, 0.3) is 0 Å². The summed E-state index contributed by atoms with van der Waals surface area (Å²) in [4.78, 5) is 23.4. The zero-order valence-electron chi connectivity index (χ0n) is 20.1. The maximum Gasteiger partial charge on any atom is 0.407 e. The number of fused-ring (bicyclic) bond motifs is 1. The van der Waals surface area contributed by atoms with E-state index in [0.717, 1.165) is 12.3 Å². The number of carbonyl (C=O) groups excluding carboxylic acids is 1. The molecule has 0 radical (unpaired) electrons. The molecule has 1 unspecified atom stereocenters. The van der Waals surface area contributed by atoms with Crippen LogP contribution in [0.4, 0.5) is 18.0 Å². The van der Waals surface area contributed by atoms with Crippen LogP contribution in [0.15, 0.2) is 52.7 Å². The highest BCUT2D eigenvalue weighted by molar-refractivity contribution is 7.11. The molecule has 2 aromatic heterocycles. The third-order valence-electron chi connectivity index (χ3n) is 6.64. The fourth-order valence-electron chi connectivity index (χ4n) is 4.74. The number of amidine groups is 1. The lowest BCUT2D eigenvalue weighted by atomic mass is 9.87. The Morgan fingerprint density at radius 2 is 2.16 bits per heavy atom. The van der Waals surface area contributed by atoms with Gasteiger partial charge in [-0.1, -0.05) is 17.7 Å². The number of nitrogens with one attached hydrogen (secondary N) is 1. The van der Waals surface area contributed by atoms with Gasteiger partial charge in [-0.2, -0.15) is 13.9 Å². The van der Waals surface area contributed by atoms with Gasteiger partial charge in [0.15, 0.2) is 10.8 Å². The Morgan fingerprint density at radius 3 is 2.76 bits per heavy atom. The number of methoxy groups -OCH3 is 1. The molecule has 9 nitrogen and oxygen atoms in total. The van der Waals surface area contributed by atoms with Gasteiger partial charge in [-0.15, -0.1) is 11.3 Å². The van der Waals surface area contributed by atoms with E-state index in [4.69, 9.17) is 21.3 Å². The van der Waals surface area contributed by atoms with Crippen LogP contribution in [0.3, 0.4) is 0 Å². The molecule has 0 spiro atoms. The number of carbonyl (C=O) groups is 1. The van der Waals surface area contributed by atoms with Crippen LogP contribution in [0.2, 0.25) is 5.02 Å². The van der Waals surface area contributed by atoms with Crippen LogP contribution in [0.25, 0.3) is 5.57 Å². The number of alkyl halides is 2. The van der Waals surface area contributed by atoms with Gasteiger partial charge in [0.05, 0.1) is 31.0 Å². The van der Waals surface area contributed by atoms with E-state index in [0.29, 0.717) is 32.4 Å². The highest BCUT2D eigenvalue weighted by Gasteiger charge is 2.51. The number of amides is 1. The molecule has 0 aliphatic carbocycles. The van der Waals surface area contributed by atoms with Crippen molar-refractivity contribution >= 4 is 40.4 Å². The molecule has 1 aromatic carbocycles. The molecule has 0 saturated carbocycles. The Balaban J connectivity index is 1.76. The van der Waals surface area contributed by atoms with Gasteiger partial charge in [-0.05, 0) is 25.1 Å². The van der Waals surface area contributed by atoms with E-state index in [2.05, 4.69) is 15.4 Å². The van der Waals surface area contributed by atoms with Crippen molar-refractivity contribution in [2.45, 2.75) is 37.6 Å². The van der Waals surface area contributed by atoms with Gasteiger partial charge in [-0.25, -0.2) is 18.9 Å². The van der Waals surface area contributed by atoms with Gasteiger partial charge < -0.3 is 20.1 Å². The second-order valence-corrected chi connectivity index (χ2v) is 10.2. The lowest BCUT2D eigenvalue weighted by Gasteiger charge is -2.33. The van der Waals surface area contributed by atoms with Crippen molar-refractivity contribution in [1.29, 1.82) is 0 Å². The van der Waals surface area contributed by atoms with Gasteiger partial charge in [0.2, 0.25) is 0 Å². The standard InChI is InChI=1S/C24H22ClF3N6O3S/c1-12(35)24(31-23(36)37-2)10-17-18(16-5-7-34(32-16)22(27)28)19(14-4-3-13(26)9-15(14)25)30-20(33(17)11-24)21-29-6-8-38-21/h3-9,12,19,22,35H,10-11H2,1-2H3,(H,31,36)/t12?,19-,24-/m0/s1. The number of ether oxygens (including phenoxy) is 1. The number of rotatable bonds is 6. The first-order valence-corrected chi connectivity index (χ1v) is 12.7. The number of alkyl carbamates (subject to hydrolysis) is 1. The number of hydrogen-bond donors (Lipinski definition) is 2. The van der Waals surface area contributed by atoms with Crippen molar-refractivity contribution < 1.29 is 27.8 Å². The zero-order chi connectivity index (χ0) is 27.2. The summed E-state index contributed by atoms with van der Waals surface area (Å²) >= 11 is 7.78. The average molecular weight is 567 g/mol. The van der Waals surface area contributed by atoms with Crippen LogP contribution in [-0.4, -0.2) is 62.0 Å². The fourth-order valence-corrected chi connectivity index (χ4v) is 5.65. The zero-order valence-corrected chi connectivity index (χ0v) is 21.7. The van der Waals surface area contributed by atoms with Crippen molar-refractivity contribution in [3.63, 3.8) is 0 Å². The maximum atomic E-state index is 14.0. The van der Waals surface area contributed by atoms with Gasteiger partial charge >= 0.3 is 12.6 Å². The molecule has 38 heavy (non-hydrogen) atoms. The summed E-state index contributed by atoms with van der Waals surface area (Å²) in [7, 11) is 1.21. The van der Waals surface area contributed by atoms with Crippen molar-refractivity contribution in [1.82, 2.24) is 25.0 Å². The summed E-state index contributed by atoms with van der Waals surface area (Å²) in [5, 5.41) is 20.1. The van der Waals surface area contributed by atoms with Crippen molar-refractivity contribution in [3.05, 3.63) is 74.8 Å². The molecule has 3 atom stereocenters. The molecule has 4 heterocycles. The molecule has 200 valence electrons.